The van der Waals surface area contributed by atoms with Gasteiger partial charge < -0.3 is 9.80 Å². The average Bonchev–Trinajstić information content (AvgIpc) is 3.70. The van der Waals surface area contributed by atoms with Gasteiger partial charge in [0.1, 0.15) is 17.5 Å². The van der Waals surface area contributed by atoms with E-state index in [0.717, 1.165) is 85.9 Å². The van der Waals surface area contributed by atoms with Gasteiger partial charge in [-0.05, 0) is 56.9 Å². The minimum absolute atomic E-state index is 0.259. The Labute approximate surface area is 179 Å². The molecule has 1 saturated heterocycles. The summed E-state index contributed by atoms with van der Waals surface area (Å²) in [5.74, 6) is 2.47. The molecule has 8 heteroatoms. The van der Waals surface area contributed by atoms with Gasteiger partial charge in [0.05, 0.1) is 16.8 Å². The predicted molar refractivity (Wildman–Crippen MR) is 115 cm³/mol. The molecular formula is C23H25FN6O. The first kappa shape index (κ1) is 18.7. The van der Waals surface area contributed by atoms with Gasteiger partial charge in [-0.25, -0.2) is 19.0 Å². The number of benzene rings is 1. The first-order valence-corrected chi connectivity index (χ1v) is 11.2. The third kappa shape index (κ3) is 3.34. The molecule has 0 spiro atoms. The topological polar surface area (TPSA) is 67.2 Å². The average molecular weight is 420 g/mol. The molecule has 0 bridgehead atoms. The number of carbonyl (C=O) groups is 1. The molecule has 0 radical (unpaired) electrons. The molecule has 31 heavy (non-hydrogen) atoms. The smallest absolute Gasteiger partial charge is 0.225 e. The molecule has 3 aromatic rings. The third-order valence-corrected chi connectivity index (χ3v) is 6.53. The van der Waals surface area contributed by atoms with E-state index in [-0.39, 0.29) is 11.7 Å². The zero-order valence-electron chi connectivity index (χ0n) is 17.6. The number of hydrogen-bond acceptors (Lipinski definition) is 5. The Morgan fingerprint density at radius 3 is 2.35 bits per heavy atom. The number of hydrogen-bond donors (Lipinski definition) is 0. The maximum atomic E-state index is 13.5. The first-order valence-electron chi connectivity index (χ1n) is 11.2. The van der Waals surface area contributed by atoms with Gasteiger partial charge in [0.25, 0.3) is 0 Å². The Morgan fingerprint density at radius 1 is 1.00 bits per heavy atom. The van der Waals surface area contributed by atoms with Gasteiger partial charge in [0, 0.05) is 38.0 Å². The van der Waals surface area contributed by atoms with Crippen LogP contribution in [0.2, 0.25) is 0 Å². The molecule has 1 amide bonds. The fraction of sp³-hybridized carbons (Fsp3) is 0.478. The summed E-state index contributed by atoms with van der Waals surface area (Å²) in [6, 6.07) is 6.33. The highest BCUT2D eigenvalue weighted by molar-refractivity contribution is 5.91. The van der Waals surface area contributed by atoms with Crippen LogP contribution in [0.4, 0.5) is 10.2 Å². The molecule has 0 atom stereocenters. The van der Waals surface area contributed by atoms with Crippen LogP contribution in [-0.2, 0) is 4.79 Å². The third-order valence-electron chi connectivity index (χ3n) is 6.53. The lowest BCUT2D eigenvalue weighted by Crippen LogP contribution is -2.49. The lowest BCUT2D eigenvalue weighted by atomic mass is 10.2. The van der Waals surface area contributed by atoms with Crippen molar-refractivity contribution in [1.82, 2.24) is 24.6 Å². The van der Waals surface area contributed by atoms with Crippen LogP contribution < -0.4 is 4.90 Å². The molecule has 3 aliphatic rings. The maximum Gasteiger partial charge on any atom is 0.225 e. The van der Waals surface area contributed by atoms with Gasteiger partial charge in [-0.3, -0.25) is 4.79 Å². The standard InChI is InChI=1S/C23H25FN6O/c1-14-19-21(28-10-12-29(13-11-28)23(31)16-4-5-16)25-20(15-2-3-15)26-22(19)30(27-14)18-8-6-17(24)7-9-18/h6-9,15-16H,2-5,10-13H2,1H3. The van der Waals surface area contributed by atoms with E-state index in [1.165, 1.54) is 12.1 Å². The molecule has 6 rings (SSSR count). The molecule has 1 aliphatic heterocycles. The molecule has 3 heterocycles. The lowest BCUT2D eigenvalue weighted by Gasteiger charge is -2.36. The molecule has 1 aromatic carbocycles. The summed E-state index contributed by atoms with van der Waals surface area (Å²) in [7, 11) is 0. The molecule has 2 saturated carbocycles. The summed E-state index contributed by atoms with van der Waals surface area (Å²) < 4.78 is 15.3. The number of fused-ring (bicyclic) bond motifs is 1. The molecule has 0 N–H and O–H groups in total. The maximum absolute atomic E-state index is 13.5. The van der Waals surface area contributed by atoms with E-state index in [2.05, 4.69) is 4.90 Å². The largest absolute Gasteiger partial charge is 0.352 e. The van der Waals surface area contributed by atoms with E-state index in [1.807, 2.05) is 11.8 Å². The van der Waals surface area contributed by atoms with Crippen molar-refractivity contribution in [2.24, 2.45) is 5.92 Å². The van der Waals surface area contributed by atoms with E-state index in [4.69, 9.17) is 15.1 Å². The fourth-order valence-electron chi connectivity index (χ4n) is 4.42. The van der Waals surface area contributed by atoms with E-state index >= 15 is 0 Å². The number of carbonyl (C=O) groups excluding carboxylic acids is 1. The lowest BCUT2D eigenvalue weighted by molar-refractivity contribution is -0.132. The van der Waals surface area contributed by atoms with Crippen molar-refractivity contribution >= 4 is 22.8 Å². The van der Waals surface area contributed by atoms with Crippen molar-refractivity contribution in [2.45, 2.75) is 38.5 Å². The van der Waals surface area contributed by atoms with Crippen molar-refractivity contribution in [3.63, 3.8) is 0 Å². The van der Waals surface area contributed by atoms with Crippen LogP contribution in [0.5, 0.6) is 0 Å². The highest BCUT2D eigenvalue weighted by Crippen LogP contribution is 2.41. The first-order chi connectivity index (χ1) is 15.1. The van der Waals surface area contributed by atoms with Crippen LogP contribution in [0.15, 0.2) is 24.3 Å². The summed E-state index contributed by atoms with van der Waals surface area (Å²) in [6.07, 6.45) is 4.30. The van der Waals surface area contributed by atoms with Crippen molar-refractivity contribution in [3.8, 4) is 5.69 Å². The molecule has 0 unspecified atom stereocenters. The number of halogens is 1. The minimum atomic E-state index is -0.274. The number of aromatic nitrogens is 4. The molecular weight excluding hydrogens is 395 g/mol. The van der Waals surface area contributed by atoms with Crippen molar-refractivity contribution in [1.29, 1.82) is 0 Å². The predicted octanol–water partition coefficient (Wildman–Crippen LogP) is 3.20. The quantitative estimate of drug-likeness (QED) is 0.649. The van der Waals surface area contributed by atoms with Crippen LogP contribution in [0.3, 0.4) is 0 Å². The van der Waals surface area contributed by atoms with Crippen LogP contribution in [-0.4, -0.2) is 56.7 Å². The number of rotatable bonds is 4. The van der Waals surface area contributed by atoms with Gasteiger partial charge in [0.15, 0.2) is 5.65 Å². The second kappa shape index (κ2) is 7.00. The molecule has 2 aromatic heterocycles. The molecule has 3 fully saturated rings. The van der Waals surface area contributed by atoms with Gasteiger partial charge in [-0.15, -0.1) is 0 Å². The van der Waals surface area contributed by atoms with Gasteiger partial charge in [0.2, 0.25) is 5.91 Å². The number of piperazine rings is 1. The summed E-state index contributed by atoms with van der Waals surface area (Å²) in [6.45, 7) is 4.94. The summed E-state index contributed by atoms with van der Waals surface area (Å²) in [4.78, 5) is 26.6. The van der Waals surface area contributed by atoms with E-state index < -0.39 is 0 Å². The Hall–Kier alpha value is -3.03. The number of nitrogens with zero attached hydrogens (tertiary/aromatic N) is 6. The second-order valence-corrected chi connectivity index (χ2v) is 8.94. The zero-order chi connectivity index (χ0) is 21.1. The van der Waals surface area contributed by atoms with Gasteiger partial charge in [-0.1, -0.05) is 0 Å². The number of aryl methyl sites for hydroxylation is 1. The number of anilines is 1. The van der Waals surface area contributed by atoms with Crippen LogP contribution in [0.25, 0.3) is 16.7 Å². The van der Waals surface area contributed by atoms with Crippen LogP contribution >= 0.6 is 0 Å². The van der Waals surface area contributed by atoms with Crippen LogP contribution in [0.1, 0.15) is 43.1 Å². The Kier molecular flexibility index (Phi) is 4.23. The highest BCUT2D eigenvalue weighted by Gasteiger charge is 2.36. The van der Waals surface area contributed by atoms with Crippen LogP contribution in [0, 0.1) is 18.7 Å². The monoisotopic (exact) mass is 420 g/mol. The number of amides is 1. The SMILES string of the molecule is Cc1nn(-c2ccc(F)cc2)c2nc(C3CC3)nc(N3CCN(C(=O)C4CC4)CC3)c12. The van der Waals surface area contributed by atoms with E-state index in [1.54, 1.807) is 16.8 Å². The summed E-state index contributed by atoms with van der Waals surface area (Å²) >= 11 is 0. The Bertz CT molecular complexity index is 1160. The second-order valence-electron chi connectivity index (χ2n) is 8.94. The van der Waals surface area contributed by atoms with E-state index in [9.17, 15) is 9.18 Å². The summed E-state index contributed by atoms with van der Waals surface area (Å²) in [5.41, 5.74) is 2.41. The molecule has 160 valence electrons. The molecule has 7 nitrogen and oxygen atoms in total. The Balaban J connectivity index is 1.39. The molecule has 2 aliphatic carbocycles. The Morgan fingerprint density at radius 2 is 1.71 bits per heavy atom. The van der Waals surface area contributed by atoms with Gasteiger partial charge >= 0.3 is 0 Å². The normalized spacial score (nSPS) is 19.3. The highest BCUT2D eigenvalue weighted by atomic mass is 19.1. The van der Waals surface area contributed by atoms with Crippen molar-refractivity contribution < 1.29 is 9.18 Å². The van der Waals surface area contributed by atoms with E-state index in [0.29, 0.717) is 11.8 Å². The zero-order valence-corrected chi connectivity index (χ0v) is 17.6. The summed E-state index contributed by atoms with van der Waals surface area (Å²) in [5, 5.41) is 5.68. The fourth-order valence-corrected chi connectivity index (χ4v) is 4.42. The minimum Gasteiger partial charge on any atom is -0.352 e. The van der Waals surface area contributed by atoms with Crippen molar-refractivity contribution in [2.75, 3.05) is 31.1 Å². The van der Waals surface area contributed by atoms with Gasteiger partial charge in [-0.2, -0.15) is 5.10 Å². The van der Waals surface area contributed by atoms with Crippen molar-refractivity contribution in [3.05, 3.63) is 41.6 Å².